The van der Waals surface area contributed by atoms with Crippen molar-refractivity contribution in [1.82, 2.24) is 4.98 Å². The van der Waals surface area contributed by atoms with Crippen LogP contribution >= 0.6 is 0 Å². The number of nitrogens with zero attached hydrogens (tertiary/aromatic N) is 1. The van der Waals surface area contributed by atoms with Crippen LogP contribution in [0.4, 0.5) is 0 Å². The predicted molar refractivity (Wildman–Crippen MR) is 165 cm³/mol. The van der Waals surface area contributed by atoms with Crippen LogP contribution in [0.1, 0.15) is 25.0 Å². The standard InChI is InChI=1S/C38H27N/c1-38(2)33-13-7-5-11-31(33)37-36(38)35(32-12-6-8-14-34(32)39-37)25-17-15-24(16-18-25)28-19-20-29-21-26-9-3-4-10-27(26)22-30(29)23-28/h3-23H,1-2H3. The highest BCUT2D eigenvalue weighted by Crippen LogP contribution is 2.53. The summed E-state index contributed by atoms with van der Waals surface area (Å²) in [6.45, 7) is 4.68. The minimum absolute atomic E-state index is 0.127. The lowest BCUT2D eigenvalue weighted by Gasteiger charge is -2.25. The molecule has 6 aromatic carbocycles. The third kappa shape index (κ3) is 3.30. The van der Waals surface area contributed by atoms with Crippen molar-refractivity contribution in [2.45, 2.75) is 19.3 Å². The number of benzene rings is 6. The van der Waals surface area contributed by atoms with Gasteiger partial charge in [-0.3, -0.25) is 0 Å². The fourth-order valence-corrected chi connectivity index (χ4v) is 6.63. The maximum absolute atomic E-state index is 5.19. The van der Waals surface area contributed by atoms with Gasteiger partial charge in [0.25, 0.3) is 0 Å². The molecule has 1 aliphatic carbocycles. The van der Waals surface area contributed by atoms with Gasteiger partial charge in [-0.1, -0.05) is 117 Å². The van der Waals surface area contributed by atoms with E-state index in [1.54, 1.807) is 0 Å². The lowest BCUT2D eigenvalue weighted by Crippen LogP contribution is -2.16. The van der Waals surface area contributed by atoms with E-state index in [-0.39, 0.29) is 5.41 Å². The van der Waals surface area contributed by atoms with Gasteiger partial charge in [-0.25, -0.2) is 4.98 Å². The Morgan fingerprint density at radius 2 is 1.13 bits per heavy atom. The summed E-state index contributed by atoms with van der Waals surface area (Å²) in [5.41, 5.74) is 11.0. The molecule has 1 heterocycles. The molecule has 1 nitrogen and oxygen atoms in total. The molecule has 0 unspecified atom stereocenters. The van der Waals surface area contributed by atoms with Crippen molar-refractivity contribution >= 4 is 32.4 Å². The molecule has 0 amide bonds. The summed E-state index contributed by atoms with van der Waals surface area (Å²) in [4.78, 5) is 5.19. The summed E-state index contributed by atoms with van der Waals surface area (Å²) < 4.78 is 0. The molecule has 0 aliphatic heterocycles. The lowest BCUT2D eigenvalue weighted by molar-refractivity contribution is 0.662. The van der Waals surface area contributed by atoms with E-state index in [1.807, 2.05) is 0 Å². The highest BCUT2D eigenvalue weighted by molar-refractivity contribution is 6.03. The van der Waals surface area contributed by atoms with Crippen LogP contribution in [-0.2, 0) is 5.41 Å². The van der Waals surface area contributed by atoms with Gasteiger partial charge < -0.3 is 0 Å². The average Bonchev–Trinajstić information content (AvgIpc) is 3.21. The Morgan fingerprint density at radius 3 is 1.95 bits per heavy atom. The van der Waals surface area contributed by atoms with Crippen LogP contribution in [0.15, 0.2) is 127 Å². The second kappa shape index (κ2) is 8.12. The summed E-state index contributed by atoms with van der Waals surface area (Å²) in [5.74, 6) is 0. The van der Waals surface area contributed by atoms with Crippen LogP contribution in [0.2, 0.25) is 0 Å². The van der Waals surface area contributed by atoms with E-state index in [0.29, 0.717) is 0 Å². The molecule has 1 aliphatic rings. The highest BCUT2D eigenvalue weighted by Gasteiger charge is 2.39. The second-order valence-electron chi connectivity index (χ2n) is 11.2. The summed E-state index contributed by atoms with van der Waals surface area (Å²) in [7, 11) is 0. The molecule has 39 heavy (non-hydrogen) atoms. The first-order chi connectivity index (χ1) is 19.1. The smallest absolute Gasteiger partial charge is 0.0759 e. The van der Waals surface area contributed by atoms with Gasteiger partial charge in [-0.15, -0.1) is 0 Å². The molecule has 0 atom stereocenters. The van der Waals surface area contributed by atoms with Crippen molar-refractivity contribution in [3.05, 3.63) is 139 Å². The Labute approximate surface area is 228 Å². The van der Waals surface area contributed by atoms with Crippen LogP contribution in [0.5, 0.6) is 0 Å². The Balaban J connectivity index is 1.29. The normalized spacial score (nSPS) is 13.6. The van der Waals surface area contributed by atoms with E-state index in [4.69, 9.17) is 4.98 Å². The average molecular weight is 498 g/mol. The minimum Gasteiger partial charge on any atom is -0.247 e. The first-order valence-corrected chi connectivity index (χ1v) is 13.6. The molecule has 1 heteroatoms. The Bertz CT molecular complexity index is 2080. The molecule has 184 valence electrons. The number of rotatable bonds is 2. The topological polar surface area (TPSA) is 12.9 Å². The van der Waals surface area contributed by atoms with E-state index in [0.717, 1.165) is 11.2 Å². The molecule has 8 rings (SSSR count). The van der Waals surface area contributed by atoms with E-state index in [2.05, 4.69) is 141 Å². The molecule has 0 saturated heterocycles. The third-order valence-corrected chi connectivity index (χ3v) is 8.58. The molecule has 0 spiro atoms. The van der Waals surface area contributed by atoms with E-state index >= 15 is 0 Å². The zero-order chi connectivity index (χ0) is 26.1. The van der Waals surface area contributed by atoms with E-state index in [9.17, 15) is 0 Å². The van der Waals surface area contributed by atoms with Gasteiger partial charge in [0.05, 0.1) is 11.2 Å². The van der Waals surface area contributed by atoms with Crippen molar-refractivity contribution in [2.75, 3.05) is 0 Å². The van der Waals surface area contributed by atoms with Crippen LogP contribution in [0.3, 0.4) is 0 Å². The molecule has 1 aromatic heterocycles. The SMILES string of the molecule is CC1(C)c2ccccc2-c2nc3ccccc3c(-c3ccc(-c4ccc5cc6ccccc6cc5c4)cc3)c21. The van der Waals surface area contributed by atoms with Gasteiger partial charge in [0.2, 0.25) is 0 Å². The van der Waals surface area contributed by atoms with Gasteiger partial charge in [-0.2, -0.15) is 0 Å². The summed E-state index contributed by atoms with van der Waals surface area (Å²) in [6.07, 6.45) is 0. The first-order valence-electron chi connectivity index (χ1n) is 13.6. The maximum atomic E-state index is 5.19. The fourth-order valence-electron chi connectivity index (χ4n) is 6.63. The Kier molecular flexibility index (Phi) is 4.63. The van der Waals surface area contributed by atoms with Crippen molar-refractivity contribution in [2.24, 2.45) is 0 Å². The van der Waals surface area contributed by atoms with Crippen molar-refractivity contribution < 1.29 is 0 Å². The van der Waals surface area contributed by atoms with Gasteiger partial charge >= 0.3 is 0 Å². The largest absolute Gasteiger partial charge is 0.247 e. The zero-order valence-corrected chi connectivity index (χ0v) is 22.1. The van der Waals surface area contributed by atoms with Gasteiger partial charge in [0, 0.05) is 16.4 Å². The molecule has 7 aromatic rings. The molecule has 0 bridgehead atoms. The van der Waals surface area contributed by atoms with Crippen LogP contribution < -0.4 is 0 Å². The lowest BCUT2D eigenvalue weighted by atomic mass is 9.78. The minimum atomic E-state index is -0.127. The molecular weight excluding hydrogens is 470 g/mol. The molecular formula is C38H27N. The highest BCUT2D eigenvalue weighted by atomic mass is 14.7. The summed E-state index contributed by atoms with van der Waals surface area (Å²) >= 11 is 0. The molecule has 0 N–H and O–H groups in total. The summed E-state index contributed by atoms with van der Waals surface area (Å²) in [5, 5.41) is 6.31. The van der Waals surface area contributed by atoms with Gasteiger partial charge in [0.15, 0.2) is 0 Å². The first kappa shape index (κ1) is 22.3. The Hall–Kier alpha value is -4.75. The Morgan fingerprint density at radius 1 is 0.513 bits per heavy atom. The molecule has 0 radical (unpaired) electrons. The van der Waals surface area contributed by atoms with Crippen LogP contribution in [0, 0.1) is 0 Å². The van der Waals surface area contributed by atoms with E-state index < -0.39 is 0 Å². The van der Waals surface area contributed by atoms with Crippen LogP contribution in [-0.4, -0.2) is 4.98 Å². The van der Waals surface area contributed by atoms with Crippen molar-refractivity contribution in [3.8, 4) is 33.5 Å². The van der Waals surface area contributed by atoms with Crippen molar-refractivity contribution in [3.63, 3.8) is 0 Å². The zero-order valence-electron chi connectivity index (χ0n) is 22.1. The molecule has 0 saturated carbocycles. The monoisotopic (exact) mass is 497 g/mol. The number of fused-ring (bicyclic) bond motifs is 6. The van der Waals surface area contributed by atoms with E-state index in [1.165, 1.54) is 65.9 Å². The number of aromatic nitrogens is 1. The number of hydrogen-bond donors (Lipinski definition) is 0. The van der Waals surface area contributed by atoms with Crippen LogP contribution in [0.25, 0.3) is 66.0 Å². The van der Waals surface area contributed by atoms with Gasteiger partial charge in [-0.05, 0) is 79.2 Å². The second-order valence-corrected chi connectivity index (χ2v) is 11.2. The predicted octanol–water partition coefficient (Wildman–Crippen LogP) is 10.2. The quantitative estimate of drug-likeness (QED) is 0.217. The van der Waals surface area contributed by atoms with Gasteiger partial charge in [0.1, 0.15) is 0 Å². The number of pyridine rings is 1. The fraction of sp³-hybridized carbons (Fsp3) is 0.0789. The number of para-hydroxylation sites is 1. The number of hydrogen-bond acceptors (Lipinski definition) is 1. The maximum Gasteiger partial charge on any atom is 0.0759 e. The molecule has 0 fully saturated rings. The van der Waals surface area contributed by atoms with Crippen molar-refractivity contribution in [1.29, 1.82) is 0 Å². The summed E-state index contributed by atoms with van der Waals surface area (Å²) in [6, 6.07) is 46.4. The third-order valence-electron chi connectivity index (χ3n) is 8.58.